The lowest BCUT2D eigenvalue weighted by atomic mass is 9.81. The molecule has 0 N–H and O–H groups in total. The highest BCUT2D eigenvalue weighted by Gasteiger charge is 2.35. The Bertz CT molecular complexity index is 2820. The zero-order valence-corrected chi connectivity index (χ0v) is 29.7. The minimum Gasteiger partial charge on any atom is -0.208 e. The highest BCUT2D eigenvalue weighted by atomic mass is 32.1. The fourth-order valence-corrected chi connectivity index (χ4v) is 9.07. The SMILES string of the molecule is CC1(C)c2ccccc2-c2ccc(-c3cccc(-c4nc(-c5ccccc5)nc(-c5ccc6c(c5)sc5cccc(-c7ccccc7)c56)n4)c3)cc21. The van der Waals surface area contributed by atoms with Gasteiger partial charge in [0.1, 0.15) is 0 Å². The lowest BCUT2D eigenvalue weighted by molar-refractivity contribution is 0.660. The molecule has 3 nitrogen and oxygen atoms in total. The lowest BCUT2D eigenvalue weighted by Gasteiger charge is -2.22. The van der Waals surface area contributed by atoms with Gasteiger partial charge in [0.2, 0.25) is 0 Å². The topological polar surface area (TPSA) is 38.7 Å². The van der Waals surface area contributed by atoms with Crippen LogP contribution in [0, 0.1) is 0 Å². The molecule has 0 radical (unpaired) electrons. The molecule has 0 saturated heterocycles. The van der Waals surface area contributed by atoms with Crippen LogP contribution >= 0.6 is 11.3 Å². The van der Waals surface area contributed by atoms with E-state index in [0.29, 0.717) is 17.5 Å². The van der Waals surface area contributed by atoms with E-state index >= 15 is 0 Å². The Hall–Kier alpha value is -6.23. The summed E-state index contributed by atoms with van der Waals surface area (Å²) in [6.45, 7) is 4.65. The molecule has 4 heteroatoms. The van der Waals surface area contributed by atoms with Gasteiger partial charge in [-0.2, -0.15) is 0 Å². The molecule has 0 spiro atoms. The molecule has 10 rings (SSSR count). The first-order valence-corrected chi connectivity index (χ1v) is 18.5. The number of fused-ring (bicyclic) bond motifs is 6. The lowest BCUT2D eigenvalue weighted by Crippen LogP contribution is -2.14. The van der Waals surface area contributed by atoms with Crippen LogP contribution in [-0.4, -0.2) is 15.0 Å². The molecule has 1 aliphatic carbocycles. The second-order valence-corrected chi connectivity index (χ2v) is 15.1. The van der Waals surface area contributed by atoms with Crippen molar-refractivity contribution in [1.82, 2.24) is 15.0 Å². The number of benzene rings is 7. The number of aromatic nitrogens is 3. The Morgan fingerprint density at radius 1 is 0.385 bits per heavy atom. The van der Waals surface area contributed by atoms with Gasteiger partial charge in [-0.15, -0.1) is 11.3 Å². The van der Waals surface area contributed by atoms with Gasteiger partial charge in [0.25, 0.3) is 0 Å². The van der Waals surface area contributed by atoms with Gasteiger partial charge in [-0.25, -0.2) is 15.0 Å². The van der Waals surface area contributed by atoms with Crippen molar-refractivity contribution >= 4 is 31.5 Å². The van der Waals surface area contributed by atoms with Gasteiger partial charge < -0.3 is 0 Å². The maximum Gasteiger partial charge on any atom is 0.164 e. The zero-order chi connectivity index (χ0) is 34.8. The van der Waals surface area contributed by atoms with Crippen molar-refractivity contribution in [1.29, 1.82) is 0 Å². The number of rotatable bonds is 5. The molecule has 0 amide bonds. The Balaban J connectivity index is 1.09. The summed E-state index contributed by atoms with van der Waals surface area (Å²) < 4.78 is 2.48. The molecular formula is C48H33N3S. The summed E-state index contributed by atoms with van der Waals surface area (Å²) in [5, 5.41) is 2.53. The predicted octanol–water partition coefficient (Wildman–Crippen LogP) is 12.9. The smallest absolute Gasteiger partial charge is 0.164 e. The van der Waals surface area contributed by atoms with E-state index in [4.69, 9.17) is 15.0 Å². The van der Waals surface area contributed by atoms with Crippen molar-refractivity contribution in [3.8, 4) is 67.5 Å². The Kier molecular flexibility index (Phi) is 7.02. The van der Waals surface area contributed by atoms with Crippen molar-refractivity contribution in [2.24, 2.45) is 0 Å². The molecule has 246 valence electrons. The average Bonchev–Trinajstić information content (AvgIpc) is 3.70. The zero-order valence-electron chi connectivity index (χ0n) is 28.8. The first kappa shape index (κ1) is 30.6. The van der Waals surface area contributed by atoms with Crippen molar-refractivity contribution in [2.45, 2.75) is 19.3 Å². The van der Waals surface area contributed by atoms with E-state index < -0.39 is 0 Å². The Labute approximate surface area is 307 Å². The molecule has 2 heterocycles. The van der Waals surface area contributed by atoms with E-state index in [1.54, 1.807) is 0 Å². The standard InChI is InChI=1S/C48H33N3S/c1-48(2)40-21-10-9-19-37(40)38-25-23-33(28-41(38)48)32-17-11-18-34(27-32)46-49-45(31-15-7-4-8-16-31)50-47(51-46)35-24-26-39-43(29-35)52-42-22-12-20-36(44(39)42)30-13-5-3-6-14-30/h3-29H,1-2H3. The predicted molar refractivity (Wildman–Crippen MR) is 217 cm³/mol. The minimum absolute atomic E-state index is 0.0636. The Morgan fingerprint density at radius 2 is 0.942 bits per heavy atom. The van der Waals surface area contributed by atoms with Crippen LogP contribution in [0.1, 0.15) is 25.0 Å². The summed E-state index contributed by atoms with van der Waals surface area (Å²) in [6, 6.07) is 58.3. The molecule has 0 unspecified atom stereocenters. The van der Waals surface area contributed by atoms with Crippen LogP contribution in [0.3, 0.4) is 0 Å². The van der Waals surface area contributed by atoms with Crippen LogP contribution < -0.4 is 0 Å². The molecule has 0 saturated carbocycles. The van der Waals surface area contributed by atoms with Gasteiger partial charge in [0.05, 0.1) is 0 Å². The number of hydrogen-bond donors (Lipinski definition) is 0. The molecule has 0 bridgehead atoms. The van der Waals surface area contributed by atoms with Crippen LogP contribution in [-0.2, 0) is 5.41 Å². The number of thiophene rings is 1. The number of hydrogen-bond acceptors (Lipinski definition) is 4. The highest BCUT2D eigenvalue weighted by Crippen LogP contribution is 2.49. The van der Waals surface area contributed by atoms with Gasteiger partial charge in [-0.1, -0.05) is 153 Å². The first-order chi connectivity index (χ1) is 25.5. The Morgan fingerprint density at radius 3 is 1.73 bits per heavy atom. The van der Waals surface area contributed by atoms with Gasteiger partial charge >= 0.3 is 0 Å². The van der Waals surface area contributed by atoms with Gasteiger partial charge in [0, 0.05) is 42.3 Å². The second-order valence-electron chi connectivity index (χ2n) is 14.0. The third-order valence-corrected chi connectivity index (χ3v) is 11.7. The summed E-state index contributed by atoms with van der Waals surface area (Å²) in [7, 11) is 0. The first-order valence-electron chi connectivity index (χ1n) is 17.7. The van der Waals surface area contributed by atoms with Crippen LogP contribution in [0.15, 0.2) is 164 Å². The summed E-state index contributed by atoms with van der Waals surface area (Å²) in [5.74, 6) is 1.97. The molecule has 0 aliphatic heterocycles. The largest absolute Gasteiger partial charge is 0.208 e. The summed E-state index contributed by atoms with van der Waals surface area (Å²) >= 11 is 1.81. The molecule has 52 heavy (non-hydrogen) atoms. The van der Waals surface area contributed by atoms with Crippen molar-refractivity contribution < 1.29 is 0 Å². The van der Waals surface area contributed by atoms with Crippen molar-refractivity contribution in [3.05, 3.63) is 175 Å². The van der Waals surface area contributed by atoms with Gasteiger partial charge in [-0.3, -0.25) is 0 Å². The second kappa shape index (κ2) is 11.9. The molecule has 1 aliphatic rings. The minimum atomic E-state index is -0.0636. The monoisotopic (exact) mass is 683 g/mol. The van der Waals surface area contributed by atoms with Crippen LogP contribution in [0.2, 0.25) is 0 Å². The maximum atomic E-state index is 5.15. The van der Waals surface area contributed by atoms with Crippen LogP contribution in [0.25, 0.3) is 87.7 Å². The van der Waals surface area contributed by atoms with E-state index in [1.165, 1.54) is 59.1 Å². The van der Waals surface area contributed by atoms with E-state index in [1.807, 2.05) is 29.5 Å². The molecule has 0 fully saturated rings. The van der Waals surface area contributed by atoms with Gasteiger partial charge in [0.15, 0.2) is 17.5 Å². The fourth-order valence-electron chi connectivity index (χ4n) is 7.90. The van der Waals surface area contributed by atoms with Gasteiger partial charge in [-0.05, 0) is 68.8 Å². The summed E-state index contributed by atoms with van der Waals surface area (Å²) in [5.41, 5.74) is 13.0. The number of nitrogens with zero attached hydrogens (tertiary/aromatic N) is 3. The summed E-state index contributed by atoms with van der Waals surface area (Å²) in [4.78, 5) is 15.3. The molecule has 9 aromatic rings. The molecule has 2 aromatic heterocycles. The average molecular weight is 684 g/mol. The van der Waals surface area contributed by atoms with E-state index in [9.17, 15) is 0 Å². The summed E-state index contributed by atoms with van der Waals surface area (Å²) in [6.07, 6.45) is 0. The third-order valence-electron chi connectivity index (χ3n) is 10.5. The molecule has 0 atom stereocenters. The maximum absolute atomic E-state index is 5.15. The van der Waals surface area contributed by atoms with Crippen LogP contribution in [0.5, 0.6) is 0 Å². The van der Waals surface area contributed by atoms with E-state index in [-0.39, 0.29) is 5.41 Å². The molecular weight excluding hydrogens is 651 g/mol. The van der Waals surface area contributed by atoms with Crippen LogP contribution in [0.4, 0.5) is 0 Å². The highest BCUT2D eigenvalue weighted by molar-refractivity contribution is 7.26. The third kappa shape index (κ3) is 4.98. The normalized spacial score (nSPS) is 13.0. The fraction of sp³-hybridized carbons (Fsp3) is 0.0625. The van der Waals surface area contributed by atoms with E-state index in [2.05, 4.69) is 159 Å². The van der Waals surface area contributed by atoms with E-state index in [0.717, 1.165) is 22.3 Å². The van der Waals surface area contributed by atoms with Crippen molar-refractivity contribution in [3.63, 3.8) is 0 Å². The molecule has 7 aromatic carbocycles. The quantitative estimate of drug-likeness (QED) is 0.181. The van der Waals surface area contributed by atoms with Crippen molar-refractivity contribution in [2.75, 3.05) is 0 Å².